The van der Waals surface area contributed by atoms with Crippen LogP contribution in [0.15, 0.2) is 79.1 Å². The minimum absolute atomic E-state index is 0.180. The van der Waals surface area contributed by atoms with Crippen LogP contribution in [0.2, 0.25) is 5.02 Å². The van der Waals surface area contributed by atoms with Gasteiger partial charge in [-0.3, -0.25) is 14.9 Å². The zero-order chi connectivity index (χ0) is 29.5. The molecule has 4 aromatic rings. The topological polar surface area (TPSA) is 131 Å². The monoisotopic (exact) mass is 585 g/mol. The van der Waals surface area contributed by atoms with Crippen molar-refractivity contribution in [1.82, 2.24) is 30.4 Å². The predicted molar refractivity (Wildman–Crippen MR) is 157 cm³/mol. The standard InChI is InChI=1S/C30H28ClN7O4/c1-42-30(41)33-25-10-7-23-18-37(14-13-21(23)17-25)29(40)26(15-20-5-3-2-4-6-20)34-28(39)12-8-22-16-24(31)9-11-27(22)38-19-32-35-36-38/h2-12,16-17,19,26H,13-15,18H2,1H3,(H,33,41)(H,34,39)/t26-/m0/s1. The maximum Gasteiger partial charge on any atom is 0.411 e. The van der Waals surface area contributed by atoms with Gasteiger partial charge in [-0.25, -0.2) is 4.79 Å². The zero-order valence-corrected chi connectivity index (χ0v) is 23.5. The Balaban J connectivity index is 1.32. The van der Waals surface area contributed by atoms with Crippen molar-refractivity contribution >= 4 is 41.3 Å². The van der Waals surface area contributed by atoms with E-state index in [0.717, 1.165) is 16.7 Å². The Hall–Kier alpha value is -5.03. The second-order valence-electron chi connectivity index (χ2n) is 9.65. The molecule has 1 atom stereocenters. The lowest BCUT2D eigenvalue weighted by atomic mass is 9.97. The van der Waals surface area contributed by atoms with Gasteiger partial charge in [0.15, 0.2) is 0 Å². The molecule has 0 saturated carbocycles. The average Bonchev–Trinajstić information content (AvgIpc) is 3.54. The van der Waals surface area contributed by atoms with Gasteiger partial charge in [0.1, 0.15) is 12.4 Å². The van der Waals surface area contributed by atoms with Gasteiger partial charge in [-0.05, 0) is 69.9 Å². The lowest BCUT2D eigenvalue weighted by molar-refractivity contribution is -0.136. The molecule has 11 nitrogen and oxygen atoms in total. The summed E-state index contributed by atoms with van der Waals surface area (Å²) in [5.41, 5.74) is 4.84. The maximum absolute atomic E-state index is 13.8. The molecule has 2 N–H and O–H groups in total. The summed E-state index contributed by atoms with van der Waals surface area (Å²) in [4.78, 5) is 40.3. The first-order chi connectivity index (χ1) is 20.4. The number of tetrazole rings is 1. The SMILES string of the molecule is COC(=O)Nc1ccc2c(c1)CCN(C(=O)[C@H](Cc1ccccc1)NC(=O)C=Cc1cc(Cl)ccc1-n1cnnn1)C2. The lowest BCUT2D eigenvalue weighted by Gasteiger charge is -2.32. The number of nitrogens with one attached hydrogen (secondary N) is 2. The maximum atomic E-state index is 13.8. The molecule has 42 heavy (non-hydrogen) atoms. The average molecular weight is 586 g/mol. The number of carbonyl (C=O) groups is 3. The second kappa shape index (κ2) is 13.1. The fraction of sp³-hybridized carbons (Fsp3) is 0.200. The molecule has 0 spiro atoms. The number of halogens is 1. The largest absolute Gasteiger partial charge is 0.453 e. The molecule has 0 unspecified atom stereocenters. The molecule has 0 aliphatic carbocycles. The molecule has 0 bridgehead atoms. The van der Waals surface area contributed by atoms with Crippen LogP contribution >= 0.6 is 11.6 Å². The van der Waals surface area contributed by atoms with E-state index in [-0.39, 0.29) is 5.91 Å². The summed E-state index contributed by atoms with van der Waals surface area (Å²) in [5.74, 6) is -0.608. The Morgan fingerprint density at radius 2 is 1.90 bits per heavy atom. The number of hydrogen-bond donors (Lipinski definition) is 2. The highest BCUT2D eigenvalue weighted by Gasteiger charge is 2.28. The smallest absolute Gasteiger partial charge is 0.411 e. The van der Waals surface area contributed by atoms with E-state index in [1.807, 2.05) is 42.5 Å². The number of amides is 3. The number of anilines is 1. The van der Waals surface area contributed by atoms with E-state index in [2.05, 4.69) is 30.9 Å². The third-order valence-electron chi connectivity index (χ3n) is 6.86. The first-order valence-electron chi connectivity index (χ1n) is 13.2. The van der Waals surface area contributed by atoms with Crippen molar-refractivity contribution in [2.24, 2.45) is 0 Å². The van der Waals surface area contributed by atoms with Crippen LogP contribution in [0.25, 0.3) is 11.8 Å². The first-order valence-corrected chi connectivity index (χ1v) is 13.6. The van der Waals surface area contributed by atoms with Gasteiger partial charge in [-0.1, -0.05) is 48.0 Å². The summed E-state index contributed by atoms with van der Waals surface area (Å²) in [7, 11) is 1.31. The quantitative estimate of drug-likeness (QED) is 0.301. The number of methoxy groups -OCH3 is 1. The number of nitrogens with zero attached hydrogens (tertiary/aromatic N) is 5. The van der Waals surface area contributed by atoms with Crippen LogP contribution < -0.4 is 10.6 Å². The van der Waals surface area contributed by atoms with E-state index >= 15 is 0 Å². The molecule has 3 aromatic carbocycles. The number of ether oxygens (including phenoxy) is 1. The van der Waals surface area contributed by atoms with Crippen LogP contribution in [0.3, 0.4) is 0 Å². The molecule has 0 radical (unpaired) electrons. The minimum Gasteiger partial charge on any atom is -0.453 e. The van der Waals surface area contributed by atoms with Crippen molar-refractivity contribution < 1.29 is 19.1 Å². The van der Waals surface area contributed by atoms with Crippen LogP contribution in [0.4, 0.5) is 10.5 Å². The van der Waals surface area contributed by atoms with E-state index < -0.39 is 18.0 Å². The normalized spacial score (nSPS) is 13.3. The van der Waals surface area contributed by atoms with Gasteiger partial charge >= 0.3 is 6.09 Å². The van der Waals surface area contributed by atoms with Crippen molar-refractivity contribution in [3.05, 3.63) is 106 Å². The second-order valence-corrected chi connectivity index (χ2v) is 10.1. The van der Waals surface area contributed by atoms with Gasteiger partial charge in [0, 0.05) is 41.9 Å². The molecule has 12 heteroatoms. The van der Waals surface area contributed by atoms with Crippen LogP contribution in [-0.2, 0) is 33.7 Å². The van der Waals surface area contributed by atoms with Crippen molar-refractivity contribution in [1.29, 1.82) is 0 Å². The summed E-state index contributed by atoms with van der Waals surface area (Å²) in [6.07, 6.45) is 4.82. The number of aromatic nitrogens is 4. The Morgan fingerprint density at radius 3 is 2.67 bits per heavy atom. The molecule has 214 valence electrons. The van der Waals surface area contributed by atoms with Gasteiger partial charge in [0.05, 0.1) is 12.8 Å². The van der Waals surface area contributed by atoms with Gasteiger partial charge in [0.2, 0.25) is 11.8 Å². The molecule has 1 aromatic heterocycles. The summed E-state index contributed by atoms with van der Waals surface area (Å²) in [6, 6.07) is 19.5. The van der Waals surface area contributed by atoms with E-state index in [0.29, 0.717) is 47.9 Å². The number of hydrogen-bond acceptors (Lipinski definition) is 7. The summed E-state index contributed by atoms with van der Waals surface area (Å²) in [6.45, 7) is 0.865. The van der Waals surface area contributed by atoms with E-state index in [4.69, 9.17) is 11.6 Å². The highest BCUT2D eigenvalue weighted by molar-refractivity contribution is 6.30. The number of fused-ring (bicyclic) bond motifs is 1. The third-order valence-corrected chi connectivity index (χ3v) is 7.09. The van der Waals surface area contributed by atoms with Crippen molar-refractivity contribution in [3.63, 3.8) is 0 Å². The molecule has 0 saturated heterocycles. The molecule has 3 amide bonds. The Kier molecular flexibility index (Phi) is 8.88. The van der Waals surface area contributed by atoms with Crippen molar-refractivity contribution in [2.75, 3.05) is 19.0 Å². The Morgan fingerprint density at radius 1 is 1.07 bits per heavy atom. The molecular weight excluding hydrogens is 558 g/mol. The van der Waals surface area contributed by atoms with Crippen LogP contribution in [0.1, 0.15) is 22.3 Å². The van der Waals surface area contributed by atoms with Crippen LogP contribution in [0.5, 0.6) is 0 Å². The molecule has 1 aliphatic heterocycles. The fourth-order valence-corrected chi connectivity index (χ4v) is 4.96. The Labute approximate surface area is 247 Å². The zero-order valence-electron chi connectivity index (χ0n) is 22.7. The highest BCUT2D eigenvalue weighted by Crippen LogP contribution is 2.24. The molecule has 1 aliphatic rings. The minimum atomic E-state index is -0.787. The van der Waals surface area contributed by atoms with Crippen LogP contribution in [-0.4, -0.2) is 62.7 Å². The van der Waals surface area contributed by atoms with Crippen molar-refractivity contribution in [2.45, 2.75) is 25.4 Å². The van der Waals surface area contributed by atoms with E-state index in [1.54, 1.807) is 35.2 Å². The number of rotatable bonds is 8. The number of carbonyl (C=O) groups excluding carboxylic acids is 3. The van der Waals surface area contributed by atoms with E-state index in [1.165, 1.54) is 24.2 Å². The summed E-state index contributed by atoms with van der Waals surface area (Å²) in [5, 5.41) is 17.3. The molecule has 0 fully saturated rings. The summed E-state index contributed by atoms with van der Waals surface area (Å²) >= 11 is 6.20. The fourth-order valence-electron chi connectivity index (χ4n) is 4.78. The van der Waals surface area contributed by atoms with Crippen LogP contribution in [0, 0.1) is 0 Å². The molecule has 5 rings (SSSR count). The lowest BCUT2D eigenvalue weighted by Crippen LogP contribution is -2.50. The molecule has 2 heterocycles. The highest BCUT2D eigenvalue weighted by atomic mass is 35.5. The van der Waals surface area contributed by atoms with Gasteiger partial charge in [0.25, 0.3) is 0 Å². The van der Waals surface area contributed by atoms with Crippen molar-refractivity contribution in [3.8, 4) is 5.69 Å². The predicted octanol–water partition coefficient (Wildman–Crippen LogP) is 3.82. The van der Waals surface area contributed by atoms with E-state index in [9.17, 15) is 14.4 Å². The van der Waals surface area contributed by atoms with Gasteiger partial charge in [-0.15, -0.1) is 5.10 Å². The first kappa shape index (κ1) is 28.5. The summed E-state index contributed by atoms with van der Waals surface area (Å²) < 4.78 is 6.14. The molecular formula is C30H28ClN7O4. The number of benzene rings is 3. The van der Waals surface area contributed by atoms with Gasteiger partial charge in [-0.2, -0.15) is 4.68 Å². The third kappa shape index (κ3) is 6.99. The Bertz CT molecular complexity index is 1610. The van der Waals surface area contributed by atoms with Gasteiger partial charge < -0.3 is 15.0 Å².